The molecule has 150 valence electrons. The highest BCUT2D eigenvalue weighted by molar-refractivity contribution is 4.73. The first-order chi connectivity index (χ1) is 12.3. The van der Waals surface area contributed by atoms with Gasteiger partial charge in [0.1, 0.15) is 0 Å². The number of rotatable bonds is 17. The Kier molecular flexibility index (Phi) is 14.7. The first-order valence-corrected chi connectivity index (χ1v) is 11.1. The minimum absolute atomic E-state index is 0.199. The maximum absolute atomic E-state index is 9.22. The third-order valence-corrected chi connectivity index (χ3v) is 5.45. The lowest BCUT2D eigenvalue weighted by atomic mass is 10.0. The molecule has 1 aliphatic rings. The molecule has 25 heavy (non-hydrogen) atoms. The highest BCUT2D eigenvalue weighted by Crippen LogP contribution is 2.22. The molecule has 0 bridgehead atoms. The van der Waals surface area contributed by atoms with E-state index in [4.69, 9.17) is 9.47 Å². The summed E-state index contributed by atoms with van der Waals surface area (Å²) in [5.74, 6) is 0.319. The summed E-state index contributed by atoms with van der Waals surface area (Å²) >= 11 is 0. The lowest BCUT2D eigenvalue weighted by Gasteiger charge is -2.20. The van der Waals surface area contributed by atoms with Gasteiger partial charge in [-0.2, -0.15) is 0 Å². The van der Waals surface area contributed by atoms with E-state index >= 15 is 0 Å². The summed E-state index contributed by atoms with van der Waals surface area (Å²) in [6, 6.07) is 0. The highest BCUT2D eigenvalue weighted by atomic mass is 16.5. The van der Waals surface area contributed by atoms with Crippen LogP contribution in [-0.4, -0.2) is 37.1 Å². The molecule has 1 fully saturated rings. The molecule has 1 N–H and O–H groups in total. The second kappa shape index (κ2) is 16.1. The Bertz CT molecular complexity index is 282. The quantitative estimate of drug-likeness (QED) is 0.331. The second-order valence-corrected chi connectivity index (χ2v) is 7.95. The van der Waals surface area contributed by atoms with Crippen molar-refractivity contribution in [3.8, 4) is 0 Å². The van der Waals surface area contributed by atoms with Crippen molar-refractivity contribution in [1.29, 1.82) is 0 Å². The zero-order valence-corrected chi connectivity index (χ0v) is 17.0. The van der Waals surface area contributed by atoms with Gasteiger partial charge in [0.25, 0.3) is 0 Å². The summed E-state index contributed by atoms with van der Waals surface area (Å²) < 4.78 is 12.0. The molecule has 1 heterocycles. The molecule has 0 radical (unpaired) electrons. The van der Waals surface area contributed by atoms with E-state index in [-0.39, 0.29) is 12.7 Å². The molecule has 0 aromatic rings. The number of hydrogen-bond donors (Lipinski definition) is 1. The predicted molar refractivity (Wildman–Crippen MR) is 106 cm³/mol. The van der Waals surface area contributed by atoms with E-state index in [9.17, 15) is 5.11 Å². The fourth-order valence-corrected chi connectivity index (χ4v) is 3.71. The van der Waals surface area contributed by atoms with E-state index in [2.05, 4.69) is 13.8 Å². The number of unbranched alkanes of at least 4 members (excludes halogenated alkanes) is 9. The fraction of sp³-hybridized carbons (Fsp3) is 1.00. The number of aliphatic hydroxyl groups excluding tert-OH is 1. The predicted octanol–water partition coefficient (Wildman–Crippen LogP) is 5.88. The van der Waals surface area contributed by atoms with Gasteiger partial charge in [-0.25, -0.2) is 0 Å². The lowest BCUT2D eigenvalue weighted by molar-refractivity contribution is -0.0278. The summed E-state index contributed by atoms with van der Waals surface area (Å²) in [7, 11) is 0. The standard InChI is InChI=1S/C22H44O3/c1-3-5-7-8-9-10-11-13-15-21(14-12-6-4-2)25-19-22-16-20(17-23)18-24-22/h20-23H,3-19H2,1-2H3. The minimum Gasteiger partial charge on any atom is -0.396 e. The first-order valence-electron chi connectivity index (χ1n) is 11.1. The molecule has 3 atom stereocenters. The van der Waals surface area contributed by atoms with Crippen molar-refractivity contribution >= 4 is 0 Å². The average molecular weight is 357 g/mol. The Morgan fingerprint density at radius 2 is 1.44 bits per heavy atom. The van der Waals surface area contributed by atoms with Crippen LogP contribution < -0.4 is 0 Å². The third-order valence-electron chi connectivity index (χ3n) is 5.45. The van der Waals surface area contributed by atoms with E-state index in [1.807, 2.05) is 0 Å². The molecule has 0 aromatic carbocycles. The fourth-order valence-electron chi connectivity index (χ4n) is 3.71. The molecular formula is C22H44O3. The molecule has 0 spiro atoms. The molecule has 1 rings (SSSR count). The van der Waals surface area contributed by atoms with Crippen molar-refractivity contribution < 1.29 is 14.6 Å². The number of ether oxygens (including phenoxy) is 2. The van der Waals surface area contributed by atoms with Crippen LogP contribution in [0.5, 0.6) is 0 Å². The van der Waals surface area contributed by atoms with E-state index < -0.39 is 0 Å². The molecule has 0 saturated carbocycles. The summed E-state index contributed by atoms with van der Waals surface area (Å²) in [6.45, 7) is 6.19. The van der Waals surface area contributed by atoms with Gasteiger partial charge < -0.3 is 14.6 Å². The average Bonchev–Trinajstić information content (AvgIpc) is 3.09. The first kappa shape index (κ1) is 22.9. The zero-order valence-electron chi connectivity index (χ0n) is 17.0. The molecule has 3 unspecified atom stereocenters. The Morgan fingerprint density at radius 1 is 0.880 bits per heavy atom. The lowest BCUT2D eigenvalue weighted by Crippen LogP contribution is -2.21. The Balaban J connectivity index is 2.12. The number of hydrogen-bond acceptors (Lipinski definition) is 3. The topological polar surface area (TPSA) is 38.7 Å². The summed E-state index contributed by atoms with van der Waals surface area (Å²) in [5, 5.41) is 9.22. The van der Waals surface area contributed by atoms with E-state index in [0.29, 0.717) is 25.2 Å². The summed E-state index contributed by atoms with van der Waals surface area (Å²) in [5.41, 5.74) is 0. The van der Waals surface area contributed by atoms with Crippen molar-refractivity contribution in [2.45, 2.75) is 116 Å². The highest BCUT2D eigenvalue weighted by Gasteiger charge is 2.25. The van der Waals surface area contributed by atoms with Crippen LogP contribution in [0.1, 0.15) is 104 Å². The van der Waals surface area contributed by atoms with Gasteiger partial charge in [0.2, 0.25) is 0 Å². The Labute approximate surface area is 156 Å². The van der Waals surface area contributed by atoms with Gasteiger partial charge in [-0.1, -0.05) is 84.5 Å². The van der Waals surface area contributed by atoms with Gasteiger partial charge >= 0.3 is 0 Å². The zero-order chi connectivity index (χ0) is 18.2. The normalized spacial score (nSPS) is 21.7. The van der Waals surface area contributed by atoms with Crippen LogP contribution in [0.4, 0.5) is 0 Å². The van der Waals surface area contributed by atoms with Gasteiger partial charge in [-0.05, 0) is 19.3 Å². The molecular weight excluding hydrogens is 312 g/mol. The van der Waals surface area contributed by atoms with E-state index in [0.717, 1.165) is 6.42 Å². The molecule has 1 aliphatic heterocycles. The monoisotopic (exact) mass is 356 g/mol. The molecule has 0 amide bonds. The van der Waals surface area contributed by atoms with Crippen LogP contribution in [0.2, 0.25) is 0 Å². The van der Waals surface area contributed by atoms with Crippen molar-refractivity contribution in [1.82, 2.24) is 0 Å². The van der Waals surface area contributed by atoms with Crippen molar-refractivity contribution in [2.24, 2.45) is 5.92 Å². The van der Waals surface area contributed by atoms with Crippen LogP contribution in [0.25, 0.3) is 0 Å². The molecule has 0 aliphatic carbocycles. The molecule has 3 nitrogen and oxygen atoms in total. The van der Waals surface area contributed by atoms with Gasteiger partial charge in [-0.15, -0.1) is 0 Å². The van der Waals surface area contributed by atoms with Gasteiger partial charge in [-0.3, -0.25) is 0 Å². The van der Waals surface area contributed by atoms with E-state index in [1.165, 1.54) is 83.5 Å². The van der Waals surface area contributed by atoms with Gasteiger partial charge in [0.15, 0.2) is 0 Å². The van der Waals surface area contributed by atoms with Crippen LogP contribution in [0.3, 0.4) is 0 Å². The smallest absolute Gasteiger partial charge is 0.0813 e. The summed E-state index contributed by atoms with van der Waals surface area (Å²) in [6.07, 6.45) is 18.8. The number of aliphatic hydroxyl groups is 1. The van der Waals surface area contributed by atoms with Gasteiger partial charge in [0.05, 0.1) is 25.4 Å². The Morgan fingerprint density at radius 3 is 2.04 bits per heavy atom. The Hall–Kier alpha value is -0.120. The minimum atomic E-state index is 0.199. The summed E-state index contributed by atoms with van der Waals surface area (Å²) in [4.78, 5) is 0. The third kappa shape index (κ3) is 12.0. The molecule has 0 aromatic heterocycles. The maximum atomic E-state index is 9.22. The van der Waals surface area contributed by atoms with Crippen molar-refractivity contribution in [2.75, 3.05) is 19.8 Å². The largest absolute Gasteiger partial charge is 0.396 e. The van der Waals surface area contributed by atoms with Crippen LogP contribution in [0, 0.1) is 5.92 Å². The van der Waals surface area contributed by atoms with Crippen LogP contribution in [-0.2, 0) is 9.47 Å². The molecule has 3 heteroatoms. The molecule has 1 saturated heterocycles. The van der Waals surface area contributed by atoms with Crippen LogP contribution in [0.15, 0.2) is 0 Å². The van der Waals surface area contributed by atoms with Crippen LogP contribution >= 0.6 is 0 Å². The van der Waals surface area contributed by atoms with Gasteiger partial charge in [0, 0.05) is 12.5 Å². The maximum Gasteiger partial charge on any atom is 0.0813 e. The van der Waals surface area contributed by atoms with Crippen molar-refractivity contribution in [3.63, 3.8) is 0 Å². The van der Waals surface area contributed by atoms with Crippen molar-refractivity contribution in [3.05, 3.63) is 0 Å². The SMILES string of the molecule is CCCCCCCCCCC(CCCCC)OCC1CC(CO)CO1. The second-order valence-electron chi connectivity index (χ2n) is 7.95. The van der Waals surface area contributed by atoms with E-state index in [1.54, 1.807) is 0 Å².